The number of ether oxygens (including phenoxy) is 1. The van der Waals surface area contributed by atoms with Crippen LogP contribution in [0.4, 0.5) is 0 Å². The summed E-state index contributed by atoms with van der Waals surface area (Å²) in [5.74, 6) is 0.498. The summed E-state index contributed by atoms with van der Waals surface area (Å²) in [5.41, 5.74) is -0.291. The Balaban J connectivity index is 2.27. The van der Waals surface area contributed by atoms with Crippen LogP contribution >= 0.6 is 15.9 Å². The van der Waals surface area contributed by atoms with Crippen LogP contribution in [0, 0.1) is 5.92 Å². The Bertz CT molecular complexity index is 250. The molecule has 1 rings (SSSR count). The molecule has 0 aromatic carbocycles. The Labute approximate surface area is 119 Å². The number of halogens is 1. The van der Waals surface area contributed by atoms with Crippen LogP contribution in [-0.2, 0) is 9.53 Å². The van der Waals surface area contributed by atoms with Crippen molar-refractivity contribution in [2.75, 3.05) is 18.4 Å². The van der Waals surface area contributed by atoms with Crippen LogP contribution < -0.4 is 5.32 Å². The van der Waals surface area contributed by atoms with Gasteiger partial charge in [-0.25, -0.2) is 0 Å². The maximum atomic E-state index is 11.8. The number of quaternary nitrogens is 1. The van der Waals surface area contributed by atoms with Crippen molar-refractivity contribution in [3.8, 4) is 0 Å². The molecule has 1 heterocycles. The molecule has 0 spiro atoms. The van der Waals surface area contributed by atoms with E-state index in [-0.39, 0.29) is 11.6 Å². The van der Waals surface area contributed by atoms with E-state index in [4.69, 9.17) is 4.74 Å². The molecule has 0 unspecified atom stereocenters. The van der Waals surface area contributed by atoms with Gasteiger partial charge in [-0.3, -0.25) is 4.79 Å². The van der Waals surface area contributed by atoms with Crippen molar-refractivity contribution in [2.45, 2.75) is 58.0 Å². The van der Waals surface area contributed by atoms with Crippen molar-refractivity contribution in [1.29, 1.82) is 0 Å². The highest BCUT2D eigenvalue weighted by Gasteiger charge is 2.34. The van der Waals surface area contributed by atoms with E-state index in [0.29, 0.717) is 12.3 Å². The third kappa shape index (κ3) is 5.70. The lowest BCUT2D eigenvalue weighted by Gasteiger charge is -2.35. The molecule has 0 aliphatic carbocycles. The summed E-state index contributed by atoms with van der Waals surface area (Å²) < 4.78 is 5.69. The zero-order chi connectivity index (χ0) is 13.4. The van der Waals surface area contributed by atoms with Gasteiger partial charge in [0.05, 0.1) is 13.1 Å². The van der Waals surface area contributed by atoms with Crippen LogP contribution in [0.15, 0.2) is 0 Å². The molecule has 0 amide bonds. The van der Waals surface area contributed by atoms with Gasteiger partial charge in [-0.1, -0.05) is 22.4 Å². The Morgan fingerprint density at radius 1 is 1.28 bits per heavy atom. The second kappa shape index (κ2) is 8.16. The minimum Gasteiger partial charge on any atom is -0.459 e. The van der Waals surface area contributed by atoms with E-state index >= 15 is 0 Å². The molecular weight excluding hydrogens is 294 g/mol. The molecule has 0 aromatic heterocycles. The molecule has 0 atom stereocenters. The van der Waals surface area contributed by atoms with Crippen LogP contribution in [0.3, 0.4) is 0 Å². The Hall–Kier alpha value is -0.0900. The van der Waals surface area contributed by atoms with Crippen molar-refractivity contribution in [2.24, 2.45) is 5.92 Å². The molecular formula is C14H27BrNO2+. The van der Waals surface area contributed by atoms with Crippen LogP contribution in [-0.4, -0.2) is 30.0 Å². The molecule has 18 heavy (non-hydrogen) atoms. The van der Waals surface area contributed by atoms with E-state index in [2.05, 4.69) is 35.1 Å². The van der Waals surface area contributed by atoms with Gasteiger partial charge >= 0.3 is 5.97 Å². The number of esters is 1. The number of hydrogen-bond acceptors (Lipinski definition) is 2. The van der Waals surface area contributed by atoms with Crippen LogP contribution in [0.25, 0.3) is 0 Å². The van der Waals surface area contributed by atoms with Gasteiger partial charge in [-0.15, -0.1) is 0 Å². The van der Waals surface area contributed by atoms with E-state index in [0.717, 1.165) is 50.5 Å². The number of carbonyl (C=O) groups excluding carboxylic acids is 1. The minimum absolute atomic E-state index is 0.0240. The van der Waals surface area contributed by atoms with Gasteiger partial charge < -0.3 is 10.1 Å². The topological polar surface area (TPSA) is 42.9 Å². The number of piperidine rings is 1. The predicted octanol–water partition coefficient (Wildman–Crippen LogP) is 2.24. The maximum Gasteiger partial charge on any atom is 0.306 e. The molecule has 3 nitrogen and oxygen atoms in total. The fourth-order valence-corrected chi connectivity index (χ4v) is 2.99. The van der Waals surface area contributed by atoms with Crippen LogP contribution in [0.1, 0.15) is 52.4 Å². The predicted molar refractivity (Wildman–Crippen MR) is 76.8 cm³/mol. The Morgan fingerprint density at radius 2 is 1.94 bits per heavy atom. The summed E-state index contributed by atoms with van der Waals surface area (Å²) >= 11 is 3.40. The Morgan fingerprint density at radius 3 is 2.56 bits per heavy atom. The average molecular weight is 321 g/mol. The summed E-state index contributed by atoms with van der Waals surface area (Å²) in [5, 5.41) is 3.36. The number of hydrogen-bond donors (Lipinski definition) is 1. The second-order valence-electron chi connectivity index (χ2n) is 5.72. The standard InChI is InChI=1S/C14H26BrNO2/c1-14(2,12-7-10-16-11-8-12)18-13(17)6-4-3-5-9-15/h12,16H,3-11H2,1-2H3/p+1. The van der Waals surface area contributed by atoms with Crippen molar-refractivity contribution < 1.29 is 14.8 Å². The highest BCUT2D eigenvalue weighted by molar-refractivity contribution is 9.09. The summed E-state index contributed by atoms with van der Waals surface area (Å²) in [6.45, 7) is 6.46. The molecule has 4 heteroatoms. The monoisotopic (exact) mass is 320 g/mol. The number of nitrogens with two attached hydrogens (primary N) is 1. The van der Waals surface area contributed by atoms with E-state index in [1.54, 1.807) is 0 Å². The van der Waals surface area contributed by atoms with E-state index < -0.39 is 0 Å². The summed E-state index contributed by atoms with van der Waals surface area (Å²) in [4.78, 5) is 11.8. The first-order chi connectivity index (χ1) is 8.56. The smallest absolute Gasteiger partial charge is 0.306 e. The average Bonchev–Trinajstić information content (AvgIpc) is 2.35. The third-order valence-electron chi connectivity index (χ3n) is 3.81. The fraction of sp³-hybridized carbons (Fsp3) is 0.929. The second-order valence-corrected chi connectivity index (χ2v) is 6.51. The molecule has 0 bridgehead atoms. The highest BCUT2D eigenvalue weighted by atomic mass is 79.9. The van der Waals surface area contributed by atoms with E-state index in [9.17, 15) is 4.79 Å². The largest absolute Gasteiger partial charge is 0.459 e. The minimum atomic E-state index is -0.291. The molecule has 106 valence electrons. The van der Waals surface area contributed by atoms with Gasteiger partial charge in [-0.05, 0) is 26.7 Å². The van der Waals surface area contributed by atoms with Gasteiger partial charge in [0.2, 0.25) is 0 Å². The van der Waals surface area contributed by atoms with Crippen molar-refractivity contribution in [3.05, 3.63) is 0 Å². The van der Waals surface area contributed by atoms with Crippen molar-refractivity contribution in [3.63, 3.8) is 0 Å². The third-order valence-corrected chi connectivity index (χ3v) is 4.37. The summed E-state index contributed by atoms with van der Waals surface area (Å²) in [6.07, 6.45) is 6.05. The lowest BCUT2D eigenvalue weighted by Crippen LogP contribution is -2.86. The lowest BCUT2D eigenvalue weighted by atomic mass is 9.83. The SMILES string of the molecule is CC(C)(OC(=O)CCCCCBr)C1CC[NH2+]CC1. The molecule has 1 saturated heterocycles. The zero-order valence-corrected chi connectivity index (χ0v) is 13.3. The van der Waals surface area contributed by atoms with Crippen LogP contribution in [0.2, 0.25) is 0 Å². The number of rotatable bonds is 7. The normalized spacial score (nSPS) is 17.7. The summed E-state index contributed by atoms with van der Waals surface area (Å²) in [6, 6.07) is 0. The molecule has 0 saturated carbocycles. The molecule has 1 aliphatic rings. The molecule has 0 aromatic rings. The van der Waals surface area contributed by atoms with Crippen molar-refractivity contribution in [1.82, 2.24) is 0 Å². The van der Waals surface area contributed by atoms with Crippen LogP contribution in [0.5, 0.6) is 0 Å². The first-order valence-corrected chi connectivity index (χ1v) is 8.28. The van der Waals surface area contributed by atoms with Gasteiger partial charge in [0, 0.05) is 30.5 Å². The van der Waals surface area contributed by atoms with Gasteiger partial charge in [0.15, 0.2) is 0 Å². The fourth-order valence-electron chi connectivity index (χ4n) is 2.59. The molecule has 0 radical (unpaired) electrons. The van der Waals surface area contributed by atoms with Gasteiger partial charge in [-0.2, -0.15) is 0 Å². The van der Waals surface area contributed by atoms with Gasteiger partial charge in [0.25, 0.3) is 0 Å². The summed E-state index contributed by atoms with van der Waals surface area (Å²) in [7, 11) is 0. The molecule has 1 aliphatic heterocycles. The van der Waals surface area contributed by atoms with Crippen molar-refractivity contribution >= 4 is 21.9 Å². The highest BCUT2D eigenvalue weighted by Crippen LogP contribution is 2.28. The lowest BCUT2D eigenvalue weighted by molar-refractivity contribution is -0.665. The quantitative estimate of drug-likeness (QED) is 0.444. The van der Waals surface area contributed by atoms with E-state index in [1.807, 2.05) is 0 Å². The molecule has 2 N–H and O–H groups in total. The number of unbranched alkanes of at least 4 members (excludes halogenated alkanes) is 2. The number of carbonyl (C=O) groups is 1. The Kier molecular flexibility index (Phi) is 7.23. The molecule has 1 fully saturated rings. The zero-order valence-electron chi connectivity index (χ0n) is 11.7. The first-order valence-electron chi connectivity index (χ1n) is 7.15. The maximum absolute atomic E-state index is 11.8. The number of alkyl halides is 1. The van der Waals surface area contributed by atoms with Gasteiger partial charge in [0.1, 0.15) is 5.60 Å². The van der Waals surface area contributed by atoms with E-state index in [1.165, 1.54) is 0 Å². The first kappa shape index (κ1) is 16.0.